The van der Waals surface area contributed by atoms with Gasteiger partial charge >= 0.3 is 0 Å². The van der Waals surface area contributed by atoms with Crippen molar-refractivity contribution in [2.24, 2.45) is 4.99 Å². The molecule has 0 radical (unpaired) electrons. The molecule has 64 valence electrons. The number of benzene rings is 1. The van der Waals surface area contributed by atoms with Crippen LogP contribution in [0.2, 0.25) is 5.02 Å². The molecule has 0 saturated heterocycles. The molecule has 0 bridgehead atoms. The van der Waals surface area contributed by atoms with E-state index in [1.54, 1.807) is 26.1 Å². The molecule has 0 amide bonds. The molecule has 0 N–H and O–H groups in total. The van der Waals surface area contributed by atoms with E-state index in [-0.39, 0.29) is 0 Å². The molecule has 3 heteroatoms. The molecule has 0 aliphatic rings. The summed E-state index contributed by atoms with van der Waals surface area (Å²) in [5.74, 6) is 1.24. The molecule has 0 atom stereocenters. The molecule has 0 spiro atoms. The smallest absolute Gasteiger partial charge is 0.186 e. The molecule has 0 aliphatic heterocycles. The summed E-state index contributed by atoms with van der Waals surface area (Å²) in [5, 5.41) is 0.598. The first-order chi connectivity index (χ1) is 5.74. The Balaban J connectivity index is 2.82. The number of rotatable bonds is 1. The van der Waals surface area contributed by atoms with Crippen LogP contribution in [0.5, 0.6) is 5.75 Å². The molecular formula is C9H10ClNO. The monoisotopic (exact) mass is 183 g/mol. The highest BCUT2D eigenvalue weighted by Gasteiger charge is 1.99. The van der Waals surface area contributed by atoms with E-state index >= 15 is 0 Å². The third-order valence-electron chi connectivity index (χ3n) is 1.41. The van der Waals surface area contributed by atoms with Crippen molar-refractivity contribution in [3.8, 4) is 5.75 Å². The molecule has 0 saturated carbocycles. The van der Waals surface area contributed by atoms with E-state index in [9.17, 15) is 0 Å². The average molecular weight is 184 g/mol. The predicted molar refractivity (Wildman–Crippen MR) is 51.1 cm³/mol. The quantitative estimate of drug-likeness (QED) is 0.485. The fourth-order valence-electron chi connectivity index (χ4n) is 0.732. The largest absolute Gasteiger partial charge is 0.442 e. The molecule has 0 heterocycles. The third kappa shape index (κ3) is 2.24. The highest BCUT2D eigenvalue weighted by molar-refractivity contribution is 6.32. The van der Waals surface area contributed by atoms with E-state index in [1.165, 1.54) is 0 Å². The molecule has 0 unspecified atom stereocenters. The van der Waals surface area contributed by atoms with Gasteiger partial charge in [0.1, 0.15) is 5.75 Å². The Labute approximate surface area is 76.8 Å². The lowest BCUT2D eigenvalue weighted by Crippen LogP contribution is -2.02. The standard InChI is InChI=1S/C9H10ClNO/c1-7(11-2)12-9-6-4-3-5-8(9)10/h3-6H,1-2H3. The predicted octanol–water partition coefficient (Wildman–Crippen LogP) is 2.77. The van der Waals surface area contributed by atoms with Crippen LogP contribution in [0, 0.1) is 0 Å². The van der Waals surface area contributed by atoms with Gasteiger partial charge in [-0.15, -0.1) is 0 Å². The molecule has 1 aromatic rings. The number of para-hydroxylation sites is 1. The fourth-order valence-corrected chi connectivity index (χ4v) is 0.907. The summed E-state index contributed by atoms with van der Waals surface area (Å²) in [6, 6.07) is 7.30. The first-order valence-corrected chi connectivity index (χ1v) is 3.97. The topological polar surface area (TPSA) is 21.6 Å². The average Bonchev–Trinajstić information content (AvgIpc) is 2.09. The van der Waals surface area contributed by atoms with Crippen LogP contribution in [0.4, 0.5) is 0 Å². The number of aliphatic imine (C=N–C) groups is 1. The van der Waals surface area contributed by atoms with E-state index in [2.05, 4.69) is 4.99 Å². The second-order valence-corrected chi connectivity index (χ2v) is 2.68. The van der Waals surface area contributed by atoms with Crippen molar-refractivity contribution in [2.45, 2.75) is 6.92 Å². The number of nitrogens with zero attached hydrogens (tertiary/aromatic N) is 1. The van der Waals surface area contributed by atoms with Crippen LogP contribution in [0.25, 0.3) is 0 Å². The Morgan fingerprint density at radius 3 is 2.67 bits per heavy atom. The minimum Gasteiger partial charge on any atom is -0.442 e. The zero-order valence-corrected chi connectivity index (χ0v) is 7.80. The maximum absolute atomic E-state index is 5.85. The molecule has 0 aromatic heterocycles. The zero-order valence-electron chi connectivity index (χ0n) is 7.04. The second kappa shape index (κ2) is 4.12. The summed E-state index contributed by atoms with van der Waals surface area (Å²) >= 11 is 5.85. The highest BCUT2D eigenvalue weighted by atomic mass is 35.5. The van der Waals surface area contributed by atoms with Gasteiger partial charge in [-0.25, -0.2) is 0 Å². The first-order valence-electron chi connectivity index (χ1n) is 3.60. The molecule has 12 heavy (non-hydrogen) atoms. The SMILES string of the molecule is CN=C(C)Oc1ccccc1Cl. The van der Waals surface area contributed by atoms with Crippen molar-refractivity contribution in [3.63, 3.8) is 0 Å². The highest BCUT2D eigenvalue weighted by Crippen LogP contribution is 2.23. The van der Waals surface area contributed by atoms with Crippen molar-refractivity contribution in [1.82, 2.24) is 0 Å². The van der Waals surface area contributed by atoms with Gasteiger partial charge in [0.2, 0.25) is 0 Å². The van der Waals surface area contributed by atoms with Crippen molar-refractivity contribution >= 4 is 17.5 Å². The van der Waals surface area contributed by atoms with Crippen LogP contribution >= 0.6 is 11.6 Å². The number of ether oxygens (including phenoxy) is 1. The van der Waals surface area contributed by atoms with Gasteiger partial charge in [-0.2, -0.15) is 0 Å². The lowest BCUT2D eigenvalue weighted by Gasteiger charge is -2.04. The molecule has 0 aliphatic carbocycles. The summed E-state index contributed by atoms with van der Waals surface area (Å²) in [5.41, 5.74) is 0. The first kappa shape index (κ1) is 9.07. The van der Waals surface area contributed by atoms with Gasteiger partial charge in [0, 0.05) is 14.0 Å². The number of hydrogen-bond donors (Lipinski definition) is 0. The molecule has 1 rings (SSSR count). The zero-order chi connectivity index (χ0) is 8.97. The molecule has 0 fully saturated rings. The van der Waals surface area contributed by atoms with Crippen LogP contribution in [0.15, 0.2) is 29.3 Å². The minimum absolute atomic E-state index is 0.598. The minimum atomic E-state index is 0.598. The van der Waals surface area contributed by atoms with Crippen molar-refractivity contribution < 1.29 is 4.74 Å². The third-order valence-corrected chi connectivity index (χ3v) is 1.72. The van der Waals surface area contributed by atoms with Crippen LogP contribution in [-0.4, -0.2) is 12.9 Å². The lowest BCUT2D eigenvalue weighted by molar-refractivity contribution is 0.546. The summed E-state index contributed by atoms with van der Waals surface area (Å²) < 4.78 is 5.31. The molecular weight excluding hydrogens is 174 g/mol. The van der Waals surface area contributed by atoms with Crippen LogP contribution < -0.4 is 4.74 Å². The van der Waals surface area contributed by atoms with Gasteiger partial charge in [-0.05, 0) is 12.1 Å². The van der Waals surface area contributed by atoms with Gasteiger partial charge in [0.15, 0.2) is 5.90 Å². The van der Waals surface area contributed by atoms with Crippen molar-refractivity contribution in [1.29, 1.82) is 0 Å². The fraction of sp³-hybridized carbons (Fsp3) is 0.222. The van der Waals surface area contributed by atoms with Crippen LogP contribution in [-0.2, 0) is 0 Å². The van der Waals surface area contributed by atoms with E-state index in [1.807, 2.05) is 12.1 Å². The van der Waals surface area contributed by atoms with Crippen molar-refractivity contribution in [2.75, 3.05) is 7.05 Å². The Hall–Kier alpha value is -1.02. The lowest BCUT2D eigenvalue weighted by atomic mass is 10.3. The van der Waals surface area contributed by atoms with Gasteiger partial charge < -0.3 is 4.74 Å². The Kier molecular flexibility index (Phi) is 3.11. The van der Waals surface area contributed by atoms with Gasteiger partial charge in [0.05, 0.1) is 5.02 Å². The number of halogens is 1. The van der Waals surface area contributed by atoms with Crippen molar-refractivity contribution in [3.05, 3.63) is 29.3 Å². The summed E-state index contributed by atoms with van der Waals surface area (Å²) in [6.45, 7) is 1.78. The number of hydrogen-bond acceptors (Lipinski definition) is 2. The molecule has 1 aromatic carbocycles. The van der Waals surface area contributed by atoms with Crippen LogP contribution in [0.3, 0.4) is 0 Å². The van der Waals surface area contributed by atoms with E-state index in [0.29, 0.717) is 16.7 Å². The maximum Gasteiger partial charge on any atom is 0.186 e. The Morgan fingerprint density at radius 2 is 2.08 bits per heavy atom. The van der Waals surface area contributed by atoms with E-state index in [4.69, 9.17) is 16.3 Å². The van der Waals surface area contributed by atoms with E-state index in [0.717, 1.165) is 0 Å². The Morgan fingerprint density at radius 1 is 1.42 bits per heavy atom. The maximum atomic E-state index is 5.85. The van der Waals surface area contributed by atoms with Gasteiger partial charge in [-0.1, -0.05) is 23.7 Å². The normalized spacial score (nSPS) is 11.4. The second-order valence-electron chi connectivity index (χ2n) is 2.28. The Bertz CT molecular complexity index is 296. The van der Waals surface area contributed by atoms with Gasteiger partial charge in [0.25, 0.3) is 0 Å². The summed E-state index contributed by atoms with van der Waals surface area (Å²) in [7, 11) is 1.67. The van der Waals surface area contributed by atoms with Crippen LogP contribution in [0.1, 0.15) is 6.92 Å². The molecule has 2 nitrogen and oxygen atoms in total. The van der Waals surface area contributed by atoms with Gasteiger partial charge in [-0.3, -0.25) is 4.99 Å². The van der Waals surface area contributed by atoms with E-state index < -0.39 is 0 Å². The summed E-state index contributed by atoms with van der Waals surface area (Å²) in [6.07, 6.45) is 0. The summed E-state index contributed by atoms with van der Waals surface area (Å²) in [4.78, 5) is 3.86.